The Labute approximate surface area is 188 Å². The SMILES string of the molecule is COC1=c2c(c(=O)[nH]c(=O)n2C2CC2)=C(C)C(F)C1c1cc2c(s1)CCCC2C(O)CN. The van der Waals surface area contributed by atoms with Crippen molar-refractivity contribution < 1.29 is 14.2 Å². The molecule has 4 atom stereocenters. The minimum atomic E-state index is -1.46. The van der Waals surface area contributed by atoms with Gasteiger partial charge in [-0.15, -0.1) is 11.3 Å². The van der Waals surface area contributed by atoms with Crippen LogP contribution in [0.25, 0.3) is 11.3 Å². The lowest BCUT2D eigenvalue weighted by atomic mass is 9.82. The number of H-pyrrole nitrogens is 1. The normalized spacial score (nSPS) is 26.0. The number of aryl methyl sites for hydroxylation is 1. The first-order valence-electron chi connectivity index (χ1n) is 11.2. The summed E-state index contributed by atoms with van der Waals surface area (Å²) in [6.07, 6.45) is 2.25. The van der Waals surface area contributed by atoms with E-state index in [9.17, 15) is 14.7 Å². The van der Waals surface area contributed by atoms with Gasteiger partial charge in [-0.25, -0.2) is 9.18 Å². The molecule has 3 aliphatic carbocycles. The Balaban J connectivity index is 1.76. The molecule has 1 fully saturated rings. The third-order valence-electron chi connectivity index (χ3n) is 7.08. The zero-order valence-electron chi connectivity index (χ0n) is 18.2. The molecule has 3 aliphatic rings. The molecule has 2 aromatic heterocycles. The number of aliphatic hydroxyl groups is 1. The molecule has 9 heteroatoms. The van der Waals surface area contributed by atoms with E-state index in [4.69, 9.17) is 10.5 Å². The number of ether oxygens (including phenoxy) is 1. The van der Waals surface area contributed by atoms with Crippen LogP contribution < -0.4 is 27.6 Å². The molecular weight excluding hydrogens is 433 g/mol. The predicted molar refractivity (Wildman–Crippen MR) is 121 cm³/mol. The van der Waals surface area contributed by atoms with Crippen LogP contribution in [0.3, 0.4) is 0 Å². The van der Waals surface area contributed by atoms with Gasteiger partial charge >= 0.3 is 5.69 Å². The highest BCUT2D eigenvalue weighted by molar-refractivity contribution is 7.12. The maximum atomic E-state index is 15.9. The molecule has 4 unspecified atom stereocenters. The van der Waals surface area contributed by atoms with Gasteiger partial charge in [-0.3, -0.25) is 14.3 Å². The van der Waals surface area contributed by atoms with E-state index in [1.54, 1.807) is 11.5 Å². The van der Waals surface area contributed by atoms with E-state index < -0.39 is 29.4 Å². The summed E-state index contributed by atoms with van der Waals surface area (Å²) in [6.45, 7) is 1.80. The second kappa shape index (κ2) is 7.97. The molecule has 4 N–H and O–H groups in total. The molecule has 172 valence electrons. The molecule has 0 saturated heterocycles. The molecule has 5 rings (SSSR count). The fourth-order valence-electron chi connectivity index (χ4n) is 5.33. The lowest BCUT2D eigenvalue weighted by Crippen LogP contribution is -2.58. The van der Waals surface area contributed by atoms with Crippen LogP contribution in [-0.2, 0) is 11.2 Å². The first-order chi connectivity index (χ1) is 15.4. The topological polar surface area (TPSA) is 110 Å². The number of nitrogens with zero attached hydrogens (tertiary/aromatic N) is 1. The fourth-order valence-corrected chi connectivity index (χ4v) is 6.73. The van der Waals surface area contributed by atoms with Crippen molar-refractivity contribution in [3.8, 4) is 0 Å². The summed E-state index contributed by atoms with van der Waals surface area (Å²) >= 11 is 1.53. The summed E-state index contributed by atoms with van der Waals surface area (Å²) < 4.78 is 23.2. The molecule has 7 nitrogen and oxygen atoms in total. The van der Waals surface area contributed by atoms with Crippen LogP contribution in [0.2, 0.25) is 0 Å². The number of rotatable bonds is 5. The monoisotopic (exact) mass is 461 g/mol. The third-order valence-corrected chi connectivity index (χ3v) is 8.38. The molecule has 0 aromatic carbocycles. The number of aromatic amines is 1. The van der Waals surface area contributed by atoms with Crippen molar-refractivity contribution >= 4 is 22.7 Å². The molecule has 1 saturated carbocycles. The van der Waals surface area contributed by atoms with Gasteiger partial charge in [-0.05, 0) is 56.2 Å². The third kappa shape index (κ3) is 3.21. The number of methoxy groups -OCH3 is 1. The van der Waals surface area contributed by atoms with Gasteiger partial charge in [0, 0.05) is 28.3 Å². The largest absolute Gasteiger partial charge is 0.498 e. The summed E-state index contributed by atoms with van der Waals surface area (Å²) in [5.74, 6) is -0.487. The average molecular weight is 462 g/mol. The van der Waals surface area contributed by atoms with E-state index >= 15 is 4.39 Å². The van der Waals surface area contributed by atoms with Gasteiger partial charge in [0.15, 0.2) is 0 Å². The number of hydrogen-bond donors (Lipinski definition) is 3. The van der Waals surface area contributed by atoms with Crippen LogP contribution in [0.4, 0.5) is 4.39 Å². The number of nitrogens with two attached hydrogens (primary N) is 1. The summed E-state index contributed by atoms with van der Waals surface area (Å²) in [5, 5.41) is 11.0. The van der Waals surface area contributed by atoms with Crippen LogP contribution in [0.1, 0.15) is 65.8 Å². The Morgan fingerprint density at radius 3 is 2.78 bits per heavy atom. The van der Waals surface area contributed by atoms with Gasteiger partial charge in [-0.1, -0.05) is 0 Å². The highest BCUT2D eigenvalue weighted by Crippen LogP contribution is 2.45. The standard InChI is InChI=1S/C23H28FN3O4S/c1-10-17-20(27(11-6-7-11)23(30)26-22(17)29)21(31-2)18(19(10)24)16-8-13-12(14(28)9-25)4-3-5-15(13)32-16/h8,11-12,14,18-19,28H,3-7,9,25H2,1-2H3,(H,26,29,30). The lowest BCUT2D eigenvalue weighted by molar-refractivity contribution is 0.142. The number of hydrogen-bond acceptors (Lipinski definition) is 6. The van der Waals surface area contributed by atoms with Crippen molar-refractivity contribution in [2.24, 2.45) is 5.73 Å². The molecule has 32 heavy (non-hydrogen) atoms. The Morgan fingerprint density at radius 2 is 2.12 bits per heavy atom. The van der Waals surface area contributed by atoms with Crippen LogP contribution in [0.5, 0.6) is 0 Å². The van der Waals surface area contributed by atoms with Gasteiger partial charge in [0.2, 0.25) is 0 Å². The van der Waals surface area contributed by atoms with Crippen molar-refractivity contribution in [2.45, 2.75) is 69.2 Å². The predicted octanol–water partition coefficient (Wildman–Crippen LogP) is 0.733. The number of thiophene rings is 1. The number of halogens is 1. The highest BCUT2D eigenvalue weighted by Gasteiger charge is 2.40. The van der Waals surface area contributed by atoms with Gasteiger partial charge in [0.1, 0.15) is 11.9 Å². The Morgan fingerprint density at radius 1 is 1.38 bits per heavy atom. The number of aromatic nitrogens is 2. The smallest absolute Gasteiger partial charge is 0.329 e. The highest BCUT2D eigenvalue weighted by atomic mass is 32.1. The number of alkyl halides is 1. The van der Waals surface area contributed by atoms with Gasteiger partial charge < -0.3 is 15.6 Å². The lowest BCUT2D eigenvalue weighted by Gasteiger charge is -2.27. The molecule has 0 bridgehead atoms. The van der Waals surface area contributed by atoms with Crippen molar-refractivity contribution in [3.63, 3.8) is 0 Å². The molecule has 0 amide bonds. The van der Waals surface area contributed by atoms with Gasteiger partial charge in [-0.2, -0.15) is 0 Å². The maximum absolute atomic E-state index is 15.9. The quantitative estimate of drug-likeness (QED) is 0.608. The van der Waals surface area contributed by atoms with Crippen LogP contribution in [0.15, 0.2) is 15.7 Å². The Kier molecular flexibility index (Phi) is 5.38. The van der Waals surface area contributed by atoms with Gasteiger partial charge in [0.05, 0.1) is 29.7 Å². The number of aliphatic hydroxyl groups excluding tert-OH is 1. The van der Waals surface area contributed by atoms with Crippen LogP contribution >= 0.6 is 11.3 Å². The van der Waals surface area contributed by atoms with Crippen molar-refractivity contribution in [3.05, 3.63) is 52.8 Å². The maximum Gasteiger partial charge on any atom is 0.329 e. The summed E-state index contributed by atoms with van der Waals surface area (Å²) in [7, 11) is 1.47. The van der Waals surface area contributed by atoms with Crippen molar-refractivity contribution in [1.29, 1.82) is 0 Å². The summed E-state index contributed by atoms with van der Waals surface area (Å²) in [6, 6.07) is 1.97. The van der Waals surface area contributed by atoms with E-state index in [0.29, 0.717) is 16.7 Å². The molecule has 2 aromatic rings. The minimum absolute atomic E-state index is 0.0107. The van der Waals surface area contributed by atoms with Crippen LogP contribution in [0, 0.1) is 0 Å². The van der Waals surface area contributed by atoms with E-state index in [-0.39, 0.29) is 23.7 Å². The van der Waals surface area contributed by atoms with E-state index in [1.807, 2.05) is 6.07 Å². The average Bonchev–Trinajstić information content (AvgIpc) is 3.51. The van der Waals surface area contributed by atoms with E-state index in [1.165, 1.54) is 18.4 Å². The first-order valence-corrected chi connectivity index (χ1v) is 12.0. The zero-order chi connectivity index (χ0) is 22.7. The first kappa shape index (κ1) is 21.6. The van der Waals surface area contributed by atoms with Crippen molar-refractivity contribution in [1.82, 2.24) is 9.55 Å². The number of nitrogens with one attached hydrogen (secondary N) is 1. The zero-order valence-corrected chi connectivity index (χ0v) is 19.0. The fraction of sp³-hybridized carbons (Fsp3) is 0.565. The molecule has 0 spiro atoms. The van der Waals surface area contributed by atoms with Crippen molar-refractivity contribution in [2.75, 3.05) is 13.7 Å². The molecule has 2 heterocycles. The van der Waals surface area contributed by atoms with E-state index in [2.05, 4.69) is 4.98 Å². The molecule has 0 aliphatic heterocycles. The van der Waals surface area contributed by atoms with Crippen LogP contribution in [-0.4, -0.2) is 40.6 Å². The Bertz CT molecular complexity index is 1310. The van der Waals surface area contributed by atoms with Gasteiger partial charge in [0.25, 0.3) is 5.56 Å². The second-order valence-corrected chi connectivity index (χ2v) is 10.2. The minimum Gasteiger partial charge on any atom is -0.498 e. The summed E-state index contributed by atoms with van der Waals surface area (Å²) in [4.78, 5) is 29.7. The summed E-state index contributed by atoms with van der Waals surface area (Å²) in [5.41, 5.74) is 6.01. The Hall–Kier alpha value is -2.23. The molecular formula is C23H28FN3O4S. The second-order valence-electron chi connectivity index (χ2n) is 9.04. The molecule has 0 radical (unpaired) electrons. The van der Waals surface area contributed by atoms with E-state index in [0.717, 1.165) is 47.4 Å². The number of fused-ring (bicyclic) bond motifs is 2.